The van der Waals surface area contributed by atoms with Crippen LogP contribution in [-0.4, -0.2) is 83.3 Å². The van der Waals surface area contributed by atoms with Gasteiger partial charge in [0.15, 0.2) is 5.69 Å². The van der Waals surface area contributed by atoms with Crippen LogP contribution in [0, 0.1) is 0 Å². The lowest BCUT2D eigenvalue weighted by atomic mass is 9.91. The van der Waals surface area contributed by atoms with Crippen LogP contribution in [0.4, 0.5) is 0 Å². The second-order valence-corrected chi connectivity index (χ2v) is 8.82. The van der Waals surface area contributed by atoms with Gasteiger partial charge in [-0.2, -0.15) is 16.9 Å². The molecule has 0 aromatic carbocycles. The maximum Gasteiger partial charge on any atom is 0.274 e. The fourth-order valence-electron chi connectivity index (χ4n) is 4.11. The summed E-state index contributed by atoms with van der Waals surface area (Å²) in [6, 6.07) is 0.470. The number of aromatic nitrogens is 2. The number of amides is 1. The van der Waals surface area contributed by atoms with E-state index in [-0.39, 0.29) is 5.91 Å². The van der Waals surface area contributed by atoms with Gasteiger partial charge in [-0.15, -0.1) is 0 Å². The second-order valence-electron chi connectivity index (χ2n) is 7.83. The lowest BCUT2D eigenvalue weighted by molar-refractivity contribution is 0.0656. The number of fused-ring (bicyclic) bond motifs is 1. The van der Waals surface area contributed by atoms with Crippen molar-refractivity contribution in [2.75, 3.05) is 51.8 Å². The smallest absolute Gasteiger partial charge is 0.274 e. The Balaban J connectivity index is 1.73. The summed E-state index contributed by atoms with van der Waals surface area (Å²) in [5.41, 5.74) is 3.23. The van der Waals surface area contributed by atoms with Crippen molar-refractivity contribution in [1.29, 1.82) is 0 Å². The highest BCUT2D eigenvalue weighted by atomic mass is 32.2. The number of nitrogens with zero attached hydrogens (tertiary/aromatic N) is 4. The molecule has 1 aromatic heterocycles. The van der Waals surface area contributed by atoms with E-state index in [1.807, 2.05) is 16.7 Å². The standard InChI is InChI=1S/C20H35N5OS/c1-4-9-25-18-7-6-16(21-8-5-14-27-3)15-17(18)19(22-25)20(26)24-12-10-23(2)11-13-24/h16,21H,4-15H2,1-3H3. The van der Waals surface area contributed by atoms with Crippen molar-refractivity contribution >= 4 is 17.7 Å². The van der Waals surface area contributed by atoms with Crippen molar-refractivity contribution in [3.05, 3.63) is 17.0 Å². The molecule has 1 unspecified atom stereocenters. The topological polar surface area (TPSA) is 53.4 Å². The molecule has 1 amide bonds. The number of hydrogen-bond donors (Lipinski definition) is 1. The van der Waals surface area contributed by atoms with E-state index in [9.17, 15) is 4.79 Å². The van der Waals surface area contributed by atoms with Crippen molar-refractivity contribution < 1.29 is 4.79 Å². The molecule has 1 fully saturated rings. The van der Waals surface area contributed by atoms with Gasteiger partial charge in [0.2, 0.25) is 0 Å². The van der Waals surface area contributed by atoms with E-state index in [4.69, 9.17) is 5.10 Å². The number of carbonyl (C=O) groups is 1. The van der Waals surface area contributed by atoms with E-state index in [0.717, 1.165) is 70.6 Å². The number of likely N-dealkylation sites (N-methyl/N-ethyl adjacent to an activating group) is 1. The predicted molar refractivity (Wildman–Crippen MR) is 113 cm³/mol. The van der Waals surface area contributed by atoms with Gasteiger partial charge in [0.05, 0.1) is 0 Å². The molecular formula is C20H35N5OS. The minimum atomic E-state index is 0.136. The summed E-state index contributed by atoms with van der Waals surface area (Å²) in [6.07, 6.45) is 7.51. The summed E-state index contributed by atoms with van der Waals surface area (Å²) in [5.74, 6) is 1.34. The minimum Gasteiger partial charge on any atom is -0.335 e. The van der Waals surface area contributed by atoms with Crippen LogP contribution in [-0.2, 0) is 19.4 Å². The molecule has 0 bridgehead atoms. The summed E-state index contributed by atoms with van der Waals surface area (Å²) in [4.78, 5) is 17.5. The van der Waals surface area contributed by atoms with Crippen LogP contribution >= 0.6 is 11.8 Å². The van der Waals surface area contributed by atoms with Crippen molar-refractivity contribution in [2.24, 2.45) is 0 Å². The lowest BCUT2D eigenvalue weighted by Crippen LogP contribution is -2.47. The van der Waals surface area contributed by atoms with E-state index in [2.05, 4.69) is 35.1 Å². The van der Waals surface area contributed by atoms with Crippen LogP contribution in [0.1, 0.15) is 47.9 Å². The van der Waals surface area contributed by atoms with Crippen LogP contribution in [0.3, 0.4) is 0 Å². The van der Waals surface area contributed by atoms with Crippen molar-refractivity contribution in [1.82, 2.24) is 24.9 Å². The predicted octanol–water partition coefficient (Wildman–Crippen LogP) is 1.88. The summed E-state index contributed by atoms with van der Waals surface area (Å²) >= 11 is 1.90. The number of thioether (sulfide) groups is 1. The number of piperazine rings is 1. The van der Waals surface area contributed by atoms with E-state index < -0.39 is 0 Å². The zero-order valence-corrected chi connectivity index (χ0v) is 18.0. The highest BCUT2D eigenvalue weighted by Crippen LogP contribution is 2.26. The van der Waals surface area contributed by atoms with Gasteiger partial charge in [-0.1, -0.05) is 6.92 Å². The molecule has 2 aliphatic rings. The first-order valence-corrected chi connectivity index (χ1v) is 11.8. The highest BCUT2D eigenvalue weighted by Gasteiger charge is 2.31. The molecule has 0 saturated carbocycles. The Labute approximate surface area is 168 Å². The average Bonchev–Trinajstić information content (AvgIpc) is 3.03. The normalized spacial score (nSPS) is 20.7. The van der Waals surface area contributed by atoms with Gasteiger partial charge in [0, 0.05) is 50.0 Å². The third-order valence-electron chi connectivity index (χ3n) is 5.73. The molecule has 7 heteroatoms. The third-order valence-corrected chi connectivity index (χ3v) is 6.43. The Morgan fingerprint density at radius 2 is 2.07 bits per heavy atom. The monoisotopic (exact) mass is 393 g/mol. The number of carbonyl (C=O) groups excluding carboxylic acids is 1. The number of nitrogens with one attached hydrogen (secondary N) is 1. The molecule has 1 aliphatic carbocycles. The summed E-state index contributed by atoms with van der Waals surface area (Å²) in [6.45, 7) is 7.65. The van der Waals surface area contributed by atoms with E-state index in [1.165, 1.54) is 23.4 Å². The molecule has 0 spiro atoms. The Bertz CT molecular complexity index is 624. The molecule has 1 saturated heterocycles. The fourth-order valence-corrected chi connectivity index (χ4v) is 4.55. The average molecular weight is 394 g/mol. The van der Waals surface area contributed by atoms with E-state index in [1.54, 1.807) is 0 Å². The molecular weight excluding hydrogens is 358 g/mol. The molecule has 1 atom stereocenters. The minimum absolute atomic E-state index is 0.136. The molecule has 152 valence electrons. The number of hydrogen-bond acceptors (Lipinski definition) is 5. The summed E-state index contributed by atoms with van der Waals surface area (Å²) in [7, 11) is 2.12. The Hall–Kier alpha value is -1.05. The van der Waals surface area contributed by atoms with Crippen molar-refractivity contribution in [3.8, 4) is 0 Å². The van der Waals surface area contributed by atoms with Gasteiger partial charge in [-0.3, -0.25) is 9.48 Å². The first-order valence-electron chi connectivity index (χ1n) is 10.4. The lowest BCUT2D eigenvalue weighted by Gasteiger charge is -2.32. The van der Waals surface area contributed by atoms with E-state index in [0.29, 0.717) is 6.04 Å². The first kappa shape index (κ1) is 20.7. The fraction of sp³-hybridized carbons (Fsp3) is 0.800. The van der Waals surface area contributed by atoms with Gasteiger partial charge in [0.25, 0.3) is 5.91 Å². The molecule has 1 aromatic rings. The van der Waals surface area contributed by atoms with Crippen molar-refractivity contribution in [3.63, 3.8) is 0 Å². The molecule has 27 heavy (non-hydrogen) atoms. The van der Waals surface area contributed by atoms with Crippen LogP contribution in [0.15, 0.2) is 0 Å². The maximum absolute atomic E-state index is 13.2. The quantitative estimate of drug-likeness (QED) is 0.684. The Kier molecular flexibility index (Phi) is 7.61. The van der Waals surface area contributed by atoms with Gasteiger partial charge in [0.1, 0.15) is 0 Å². The van der Waals surface area contributed by atoms with Crippen LogP contribution in [0.2, 0.25) is 0 Å². The van der Waals surface area contributed by atoms with Gasteiger partial charge in [-0.25, -0.2) is 0 Å². The number of aryl methyl sites for hydroxylation is 1. The van der Waals surface area contributed by atoms with Crippen molar-refractivity contribution in [2.45, 2.75) is 51.6 Å². The Morgan fingerprint density at radius 3 is 2.78 bits per heavy atom. The SMILES string of the molecule is CCCn1nc(C(=O)N2CCN(C)CC2)c2c1CCC(NCCCSC)C2. The van der Waals surface area contributed by atoms with Crippen LogP contribution in [0.5, 0.6) is 0 Å². The van der Waals surface area contributed by atoms with Crippen LogP contribution < -0.4 is 5.32 Å². The zero-order chi connectivity index (χ0) is 19.2. The third kappa shape index (κ3) is 5.06. The van der Waals surface area contributed by atoms with Gasteiger partial charge >= 0.3 is 0 Å². The van der Waals surface area contributed by atoms with Gasteiger partial charge in [-0.05, 0) is 57.7 Å². The molecule has 2 heterocycles. The number of rotatable bonds is 8. The molecule has 3 rings (SSSR count). The molecule has 1 aliphatic heterocycles. The second kappa shape index (κ2) is 9.94. The maximum atomic E-state index is 13.2. The molecule has 6 nitrogen and oxygen atoms in total. The van der Waals surface area contributed by atoms with Crippen LogP contribution in [0.25, 0.3) is 0 Å². The van der Waals surface area contributed by atoms with E-state index >= 15 is 0 Å². The zero-order valence-electron chi connectivity index (χ0n) is 17.2. The first-order chi connectivity index (χ1) is 13.1. The highest BCUT2D eigenvalue weighted by molar-refractivity contribution is 7.98. The molecule has 0 radical (unpaired) electrons. The van der Waals surface area contributed by atoms with Gasteiger partial charge < -0.3 is 15.1 Å². The summed E-state index contributed by atoms with van der Waals surface area (Å²) < 4.78 is 2.11. The molecule has 1 N–H and O–H groups in total. The summed E-state index contributed by atoms with van der Waals surface area (Å²) in [5, 5.41) is 8.51. The largest absolute Gasteiger partial charge is 0.335 e. The Morgan fingerprint density at radius 1 is 1.30 bits per heavy atom.